The zero-order chi connectivity index (χ0) is 60.5. The number of amides is 8. The third kappa shape index (κ3) is 18.1. The maximum Gasteiger partial charge on any atom is 3.00 e. The summed E-state index contributed by atoms with van der Waals surface area (Å²) in [5, 5.41) is 83.5. The number of carbonyl (C=O) groups excluding carboxylic acids is 8. The molecular formula is C56H64N11O16STb. The summed E-state index contributed by atoms with van der Waals surface area (Å²) in [7, 11) is -4.77. The van der Waals surface area contributed by atoms with E-state index in [0.29, 0.717) is 12.1 Å². The molecule has 11 N–H and O–H groups in total. The number of para-hydroxylation sites is 3. The van der Waals surface area contributed by atoms with Gasteiger partial charge < -0.3 is 68.1 Å². The van der Waals surface area contributed by atoms with Crippen molar-refractivity contribution in [3.63, 3.8) is 0 Å². The third-order valence-corrected chi connectivity index (χ3v) is 15.6. The van der Waals surface area contributed by atoms with Crippen molar-refractivity contribution >= 4 is 63.3 Å². The van der Waals surface area contributed by atoms with Gasteiger partial charge in [-0.05, 0) is 61.8 Å². The van der Waals surface area contributed by atoms with E-state index in [-0.39, 0.29) is 189 Å². The Morgan fingerprint density at radius 2 is 0.729 bits per heavy atom. The molecule has 27 nitrogen and oxygen atoms in total. The van der Waals surface area contributed by atoms with E-state index in [1.807, 2.05) is 4.72 Å². The minimum Gasteiger partial charge on any atom is -0.871 e. The fourth-order valence-electron chi connectivity index (χ4n) is 9.53. The zero-order valence-corrected chi connectivity index (χ0v) is 48.8. The number of benzene rings is 4. The van der Waals surface area contributed by atoms with Crippen molar-refractivity contribution in [1.82, 2.24) is 57.1 Å². The van der Waals surface area contributed by atoms with Gasteiger partial charge in [0.2, 0.25) is 10.0 Å². The second-order valence-electron chi connectivity index (χ2n) is 19.9. The molecular weight excluding hydrogens is 1270 g/mol. The van der Waals surface area contributed by atoms with Gasteiger partial charge >= 0.3 is 44.6 Å². The van der Waals surface area contributed by atoms with Crippen LogP contribution in [-0.2, 0) is 14.8 Å². The van der Waals surface area contributed by atoms with Crippen LogP contribution in [0.25, 0.3) is 0 Å². The summed E-state index contributed by atoms with van der Waals surface area (Å²) in [4.78, 5) is 124. The number of carboxylic acid groups (broad SMARTS) is 1. The second kappa shape index (κ2) is 31.3. The molecule has 0 radical (unpaired) electrons. The van der Waals surface area contributed by atoms with Crippen LogP contribution >= 0.6 is 0 Å². The Morgan fingerprint density at radius 1 is 0.459 bits per heavy atom. The Kier molecular flexibility index (Phi) is 24.5. The van der Waals surface area contributed by atoms with Crippen LogP contribution in [0.2, 0.25) is 0 Å². The van der Waals surface area contributed by atoms with Crippen LogP contribution in [0.4, 0.5) is 0 Å². The summed E-state index contributed by atoms with van der Waals surface area (Å²) in [6, 6.07) is 13.4. The van der Waals surface area contributed by atoms with E-state index in [1.165, 1.54) is 54.6 Å². The van der Waals surface area contributed by atoms with Crippen LogP contribution in [0, 0.1) is 50.4 Å². The van der Waals surface area contributed by atoms with Gasteiger partial charge in [0.05, 0.1) is 16.0 Å². The van der Waals surface area contributed by atoms with E-state index in [2.05, 4.69) is 42.5 Å². The molecule has 0 saturated heterocycles. The van der Waals surface area contributed by atoms with Gasteiger partial charge in [-0.15, -0.1) is 0 Å². The van der Waals surface area contributed by atoms with Gasteiger partial charge in [-0.3, -0.25) is 53.0 Å². The van der Waals surface area contributed by atoms with E-state index in [0.717, 1.165) is 0 Å². The molecule has 8 rings (SSSR count). The van der Waals surface area contributed by atoms with Gasteiger partial charge in [0.1, 0.15) is 12.3 Å². The minimum absolute atomic E-state index is 0. The van der Waals surface area contributed by atoms with Crippen LogP contribution in [0.3, 0.4) is 0 Å². The molecule has 4 heterocycles. The van der Waals surface area contributed by atoms with Crippen molar-refractivity contribution in [3.05, 3.63) is 123 Å². The van der Waals surface area contributed by atoms with Crippen LogP contribution in [0.15, 0.2) is 83.8 Å². The van der Waals surface area contributed by atoms with E-state index in [1.54, 1.807) is 22.0 Å². The summed E-state index contributed by atoms with van der Waals surface area (Å²) in [5.74, 6) is -12.8. The maximum atomic E-state index is 14.1. The first-order valence-electron chi connectivity index (χ1n) is 27.1. The fraction of sp³-hybridized carbons (Fsp3) is 0.375. The number of carboxylic acids is 1. The first-order valence-corrected chi connectivity index (χ1v) is 28.6. The van der Waals surface area contributed by atoms with E-state index in [9.17, 15) is 77.1 Å². The molecule has 0 spiro atoms. The van der Waals surface area contributed by atoms with Crippen molar-refractivity contribution in [2.75, 3.05) is 98.2 Å². The summed E-state index contributed by atoms with van der Waals surface area (Å²) in [6.07, 6.45) is 3.97. The smallest absolute Gasteiger partial charge is 0.871 e. The molecule has 0 aromatic heterocycles. The molecule has 4 aliphatic rings. The van der Waals surface area contributed by atoms with Gasteiger partial charge in [0.15, 0.2) is 0 Å². The van der Waals surface area contributed by atoms with Gasteiger partial charge in [0, 0.05) is 125 Å². The van der Waals surface area contributed by atoms with Gasteiger partial charge in [-0.1, -0.05) is 71.9 Å². The fourth-order valence-corrected chi connectivity index (χ4v) is 10.6. The molecule has 454 valence electrons. The number of fused-ring (bicyclic) bond motifs is 15. The van der Waals surface area contributed by atoms with E-state index >= 15 is 0 Å². The topological polar surface area (TPSA) is 412 Å². The summed E-state index contributed by atoms with van der Waals surface area (Å²) in [6.45, 7) is -1.75. The number of aliphatic carboxylic acids is 1. The number of nitrogens with one attached hydrogen (secondary N) is 9. The predicted octanol–water partition coefficient (Wildman–Crippen LogP) is -2.09. The van der Waals surface area contributed by atoms with Crippen molar-refractivity contribution in [3.8, 4) is 23.0 Å². The van der Waals surface area contributed by atoms with Crippen molar-refractivity contribution in [2.24, 2.45) is 11.8 Å². The monoisotopic (exact) mass is 1340 g/mol. The summed E-state index contributed by atoms with van der Waals surface area (Å²) < 4.78 is 28.8. The summed E-state index contributed by atoms with van der Waals surface area (Å²) >= 11 is 0. The average Bonchev–Trinajstić information content (AvgIpc) is 3.42. The average molecular weight is 1340 g/mol. The van der Waals surface area contributed by atoms with Gasteiger partial charge in [0.25, 0.3) is 47.3 Å². The number of aromatic hydroxyl groups is 1. The third-order valence-electron chi connectivity index (χ3n) is 14.3. The van der Waals surface area contributed by atoms with Crippen LogP contribution < -0.4 is 62.6 Å². The standard InChI is InChI=1S/C56H67N11O16S.Tb/c68-44(69)32-65-84(82,83)35-30-42-48(73)43(31-35)56(81)64-23-27-67-26-22-63-54(79)41-9-3-6-38(47(41)72)51(76)59-18-14-34(15-19-60-55(42)80)11-10-33-12-16-57-49(74)36-4-1-7-39(45(36)70)52(77)61-20-24-66(28-29-67)25-21-62-53(78)40-8-2-5-37(46(40)71)50(75)58-17-13-33;/h1-11,30-31,33-34,65,70-73H,12-29,32H2,(H,57,74)(H,58,75)(H,59,76)(H,60,80)(H,61,77)(H,62,78)(H,63,79)(H,64,81)(H,68,69);/q;+3/p-3/b11-10+;. The summed E-state index contributed by atoms with van der Waals surface area (Å²) in [5.41, 5.74) is -3.19. The molecule has 29 heteroatoms. The quantitative estimate of drug-likeness (QED) is 0.0976. The molecule has 4 unspecified atom stereocenters. The number of sulfonamides is 1. The molecule has 4 aromatic carbocycles. The molecule has 4 aliphatic heterocycles. The van der Waals surface area contributed by atoms with Crippen LogP contribution in [0.1, 0.15) is 109 Å². The van der Waals surface area contributed by atoms with Crippen molar-refractivity contribution < 1.29 is 116 Å². The number of carbonyl (C=O) groups is 9. The molecule has 8 amide bonds. The number of hydrogen-bond acceptors (Lipinski definition) is 17. The Labute approximate surface area is 519 Å². The molecule has 85 heavy (non-hydrogen) atoms. The Hall–Kier alpha value is -7.83. The Balaban J connectivity index is 0.0000116. The maximum absolute atomic E-state index is 14.1. The number of hydrogen-bond donors (Lipinski definition) is 11. The second-order valence-corrected chi connectivity index (χ2v) is 21.7. The first-order chi connectivity index (χ1) is 40.2. The Morgan fingerprint density at radius 3 is 1.05 bits per heavy atom. The minimum atomic E-state index is -4.77. The molecule has 4 atom stereocenters. The largest absolute Gasteiger partial charge is 3.00 e. The molecule has 4 aromatic rings. The Bertz CT molecular complexity index is 3240. The molecule has 0 fully saturated rings. The zero-order valence-electron chi connectivity index (χ0n) is 45.8. The van der Waals surface area contributed by atoms with Crippen molar-refractivity contribution in [2.45, 2.75) is 30.6 Å². The number of allylic oxidation sites excluding steroid dienone is 2. The number of phenolic OH excluding ortho intramolecular Hbond substituents is 1. The molecule has 0 saturated carbocycles. The van der Waals surface area contributed by atoms with E-state index < -0.39 is 121 Å². The molecule has 0 aliphatic carbocycles. The number of rotatable bonds is 4. The van der Waals surface area contributed by atoms with Crippen LogP contribution in [-0.4, -0.2) is 180 Å². The molecule has 12 bridgehead atoms. The predicted molar refractivity (Wildman–Crippen MR) is 295 cm³/mol. The number of nitrogens with zero attached hydrogens (tertiary/aromatic N) is 2. The van der Waals surface area contributed by atoms with Crippen LogP contribution in [0.5, 0.6) is 23.0 Å². The van der Waals surface area contributed by atoms with E-state index in [4.69, 9.17) is 0 Å². The van der Waals surface area contributed by atoms with Gasteiger partial charge in [-0.25, -0.2) is 8.42 Å². The first kappa shape index (κ1) is 66.3. The normalized spacial score (nSPS) is 21.0. The SMILES string of the molecule is O=C(O)CNS(=O)(=O)c1cc2c([O-])c(c1)C(=O)NCCN1CCNC(=O)c3cccc(c3[O-])C(=O)NCCC(/C=C/C3CCNC(=O)c4cccc(c4[O-])C(=O)NCCN(CCNC(=O)c4cccc(c4O)C(=O)NCC3)CC1)CCNC2=O.[Tb+3]. The van der Waals surface area contributed by atoms with Crippen molar-refractivity contribution in [1.29, 1.82) is 0 Å². The van der Waals surface area contributed by atoms with Gasteiger partial charge in [-0.2, -0.15) is 4.72 Å². The number of phenols is 1.